The van der Waals surface area contributed by atoms with Crippen LogP contribution in [0, 0.1) is 6.92 Å². The molecule has 3 rings (SSSR count). The van der Waals surface area contributed by atoms with Crippen molar-refractivity contribution >= 4 is 29.1 Å². The maximum absolute atomic E-state index is 5.91. The highest BCUT2D eigenvalue weighted by molar-refractivity contribution is 6.30. The first-order chi connectivity index (χ1) is 11.6. The second-order valence-corrected chi connectivity index (χ2v) is 6.06. The van der Waals surface area contributed by atoms with Crippen LogP contribution in [0.4, 0.5) is 17.5 Å². The van der Waals surface area contributed by atoms with Crippen molar-refractivity contribution in [1.82, 2.24) is 9.97 Å². The van der Waals surface area contributed by atoms with Gasteiger partial charge in [0, 0.05) is 28.5 Å². The summed E-state index contributed by atoms with van der Waals surface area (Å²) in [4.78, 5) is 8.99. The van der Waals surface area contributed by atoms with E-state index in [9.17, 15) is 0 Å². The molecular weight excluding hydrogens is 320 g/mol. The molecule has 1 atom stereocenters. The first kappa shape index (κ1) is 16.3. The first-order valence-corrected chi connectivity index (χ1v) is 8.18. The van der Waals surface area contributed by atoms with E-state index in [0.29, 0.717) is 11.0 Å². The van der Waals surface area contributed by atoms with Gasteiger partial charge in [-0.2, -0.15) is 4.98 Å². The Balaban J connectivity index is 1.77. The summed E-state index contributed by atoms with van der Waals surface area (Å²) in [5, 5.41) is 7.33. The quantitative estimate of drug-likeness (QED) is 0.658. The zero-order valence-corrected chi connectivity index (χ0v) is 14.4. The Bertz CT molecular complexity index is 803. The van der Waals surface area contributed by atoms with Gasteiger partial charge < -0.3 is 10.6 Å². The SMILES string of the molecule is Cc1cc(NC(C)c2ccccc2)nc(Nc2ccc(Cl)cc2)n1. The Morgan fingerprint density at radius 2 is 1.67 bits per heavy atom. The van der Waals surface area contributed by atoms with Gasteiger partial charge in [-0.25, -0.2) is 4.98 Å². The van der Waals surface area contributed by atoms with E-state index in [1.807, 2.05) is 55.5 Å². The molecule has 2 N–H and O–H groups in total. The lowest BCUT2D eigenvalue weighted by Gasteiger charge is -2.16. The lowest BCUT2D eigenvalue weighted by atomic mass is 10.1. The van der Waals surface area contributed by atoms with Crippen LogP contribution in [0.15, 0.2) is 60.7 Å². The van der Waals surface area contributed by atoms with Crippen molar-refractivity contribution in [2.24, 2.45) is 0 Å². The van der Waals surface area contributed by atoms with Crippen LogP contribution in [0.3, 0.4) is 0 Å². The van der Waals surface area contributed by atoms with Crippen LogP contribution < -0.4 is 10.6 Å². The number of hydrogen-bond donors (Lipinski definition) is 2. The summed E-state index contributed by atoms with van der Waals surface area (Å²) < 4.78 is 0. The second kappa shape index (κ2) is 7.32. The molecule has 1 unspecified atom stereocenters. The standard InChI is InChI=1S/C19H19ClN4/c1-13-12-18(22-14(2)15-6-4-3-5-7-15)24-19(21-13)23-17-10-8-16(20)9-11-17/h3-12,14H,1-2H3,(H2,21,22,23,24). The number of hydrogen-bond acceptors (Lipinski definition) is 4. The number of anilines is 3. The van der Waals surface area contributed by atoms with Gasteiger partial charge in [0.15, 0.2) is 0 Å². The number of rotatable bonds is 5. The summed E-state index contributed by atoms with van der Waals surface area (Å²) in [5.74, 6) is 1.34. The zero-order chi connectivity index (χ0) is 16.9. The van der Waals surface area contributed by atoms with Gasteiger partial charge in [-0.1, -0.05) is 41.9 Å². The highest BCUT2D eigenvalue weighted by Gasteiger charge is 2.08. The number of halogens is 1. The maximum atomic E-state index is 5.91. The van der Waals surface area contributed by atoms with Gasteiger partial charge in [-0.05, 0) is 43.7 Å². The predicted molar refractivity (Wildman–Crippen MR) is 100.0 cm³/mol. The molecule has 0 aliphatic carbocycles. The van der Waals surface area contributed by atoms with Gasteiger partial charge in [0.2, 0.25) is 5.95 Å². The molecule has 0 aliphatic heterocycles. The highest BCUT2D eigenvalue weighted by Crippen LogP contribution is 2.21. The molecule has 0 amide bonds. The Morgan fingerprint density at radius 1 is 0.958 bits per heavy atom. The normalized spacial score (nSPS) is 11.8. The number of aromatic nitrogens is 2. The number of benzene rings is 2. The summed E-state index contributed by atoms with van der Waals surface area (Å²) in [6.07, 6.45) is 0. The molecule has 3 aromatic rings. The van der Waals surface area contributed by atoms with Crippen LogP contribution in [-0.4, -0.2) is 9.97 Å². The average Bonchev–Trinajstić information content (AvgIpc) is 2.57. The molecule has 1 heterocycles. The van der Waals surface area contributed by atoms with Gasteiger partial charge >= 0.3 is 0 Å². The van der Waals surface area contributed by atoms with Gasteiger partial charge in [0.05, 0.1) is 0 Å². The first-order valence-electron chi connectivity index (χ1n) is 7.80. The van der Waals surface area contributed by atoms with E-state index in [0.717, 1.165) is 17.2 Å². The van der Waals surface area contributed by atoms with Gasteiger partial charge in [0.1, 0.15) is 5.82 Å². The van der Waals surface area contributed by atoms with Crippen LogP contribution in [-0.2, 0) is 0 Å². The molecule has 2 aromatic carbocycles. The minimum absolute atomic E-state index is 0.156. The largest absolute Gasteiger partial charge is 0.363 e. The molecule has 0 aliphatic rings. The molecule has 5 heteroatoms. The van der Waals surface area contributed by atoms with Crippen LogP contribution in [0.25, 0.3) is 0 Å². The molecule has 0 fully saturated rings. The van der Waals surface area contributed by atoms with E-state index in [1.54, 1.807) is 0 Å². The Kier molecular flexibility index (Phi) is 4.96. The third kappa shape index (κ3) is 4.24. The summed E-state index contributed by atoms with van der Waals surface area (Å²) >= 11 is 5.91. The van der Waals surface area contributed by atoms with Crippen molar-refractivity contribution in [3.8, 4) is 0 Å². The third-order valence-electron chi connectivity index (χ3n) is 3.62. The second-order valence-electron chi connectivity index (χ2n) is 5.63. The Morgan fingerprint density at radius 3 is 2.38 bits per heavy atom. The fraction of sp³-hybridized carbons (Fsp3) is 0.158. The van der Waals surface area contributed by atoms with Crippen LogP contribution in [0.2, 0.25) is 5.02 Å². The topological polar surface area (TPSA) is 49.8 Å². The van der Waals surface area contributed by atoms with Crippen molar-refractivity contribution in [3.05, 3.63) is 76.9 Å². The molecule has 1 aromatic heterocycles. The van der Waals surface area contributed by atoms with E-state index < -0.39 is 0 Å². The number of aryl methyl sites for hydroxylation is 1. The summed E-state index contributed by atoms with van der Waals surface area (Å²) in [7, 11) is 0. The third-order valence-corrected chi connectivity index (χ3v) is 3.87. The van der Waals surface area contributed by atoms with Crippen LogP contribution in [0.5, 0.6) is 0 Å². The molecule has 0 saturated heterocycles. The maximum Gasteiger partial charge on any atom is 0.229 e. The summed E-state index contributed by atoms with van der Waals surface area (Å²) in [6.45, 7) is 4.06. The van der Waals surface area contributed by atoms with Gasteiger partial charge in [0.25, 0.3) is 0 Å². The van der Waals surface area contributed by atoms with Crippen LogP contribution in [0.1, 0.15) is 24.2 Å². The molecule has 0 radical (unpaired) electrons. The minimum atomic E-state index is 0.156. The van der Waals surface area contributed by atoms with E-state index in [-0.39, 0.29) is 6.04 Å². The van der Waals surface area contributed by atoms with Crippen molar-refractivity contribution in [2.75, 3.05) is 10.6 Å². The van der Waals surface area contributed by atoms with E-state index in [4.69, 9.17) is 11.6 Å². The minimum Gasteiger partial charge on any atom is -0.363 e. The molecule has 4 nitrogen and oxygen atoms in total. The molecule has 24 heavy (non-hydrogen) atoms. The fourth-order valence-electron chi connectivity index (χ4n) is 2.41. The highest BCUT2D eigenvalue weighted by atomic mass is 35.5. The summed E-state index contributed by atoms with van der Waals surface area (Å²) in [6, 6.07) is 19.8. The number of nitrogens with zero attached hydrogens (tertiary/aromatic N) is 2. The van der Waals surface area contributed by atoms with Gasteiger partial charge in [-0.15, -0.1) is 0 Å². The molecular formula is C19H19ClN4. The van der Waals surface area contributed by atoms with Crippen molar-refractivity contribution in [1.29, 1.82) is 0 Å². The van der Waals surface area contributed by atoms with Crippen LogP contribution >= 0.6 is 11.6 Å². The Hall–Kier alpha value is -2.59. The van der Waals surface area contributed by atoms with Crippen molar-refractivity contribution in [3.63, 3.8) is 0 Å². The number of nitrogens with one attached hydrogen (secondary N) is 2. The monoisotopic (exact) mass is 338 g/mol. The van der Waals surface area contributed by atoms with Crippen molar-refractivity contribution in [2.45, 2.75) is 19.9 Å². The molecule has 0 bridgehead atoms. The van der Waals surface area contributed by atoms with E-state index in [2.05, 4.69) is 39.7 Å². The predicted octanol–water partition coefficient (Wildman–Crippen LogP) is 5.36. The fourth-order valence-corrected chi connectivity index (χ4v) is 2.53. The van der Waals surface area contributed by atoms with Crippen molar-refractivity contribution < 1.29 is 0 Å². The summed E-state index contributed by atoms with van der Waals surface area (Å²) in [5.41, 5.74) is 3.00. The van der Waals surface area contributed by atoms with Gasteiger partial charge in [-0.3, -0.25) is 0 Å². The molecule has 0 spiro atoms. The Labute approximate surface area is 146 Å². The molecule has 122 valence electrons. The lowest BCUT2D eigenvalue weighted by molar-refractivity contribution is 0.871. The lowest BCUT2D eigenvalue weighted by Crippen LogP contribution is -2.09. The van der Waals surface area contributed by atoms with E-state index in [1.165, 1.54) is 5.56 Å². The zero-order valence-electron chi connectivity index (χ0n) is 13.6. The average molecular weight is 339 g/mol. The van der Waals surface area contributed by atoms with E-state index >= 15 is 0 Å². The molecule has 0 saturated carbocycles. The smallest absolute Gasteiger partial charge is 0.229 e.